The van der Waals surface area contributed by atoms with Crippen LogP contribution in [0.2, 0.25) is 0 Å². The Morgan fingerprint density at radius 1 is 1.00 bits per heavy atom. The number of hydrogen-bond donors (Lipinski definition) is 0. The Labute approximate surface area is 173 Å². The van der Waals surface area contributed by atoms with Gasteiger partial charge in [0.15, 0.2) is 0 Å². The van der Waals surface area contributed by atoms with E-state index in [2.05, 4.69) is 15.9 Å². The second kappa shape index (κ2) is 7.33. The summed E-state index contributed by atoms with van der Waals surface area (Å²) in [6.07, 6.45) is -1.30. The molecular weight excluding hydrogens is 441 g/mol. The van der Waals surface area contributed by atoms with Crippen molar-refractivity contribution in [2.75, 3.05) is 10.8 Å². The molecule has 0 aromatic heterocycles. The van der Waals surface area contributed by atoms with E-state index in [-0.39, 0.29) is 11.4 Å². The zero-order valence-electron chi connectivity index (χ0n) is 15.2. The molecule has 3 nitrogen and oxygen atoms in total. The predicted molar refractivity (Wildman–Crippen MR) is 113 cm³/mol. The Bertz CT molecular complexity index is 1100. The zero-order chi connectivity index (χ0) is 19.9. The number of fused-ring (bicyclic) bond motifs is 1. The number of benzene rings is 3. The van der Waals surface area contributed by atoms with Crippen LogP contribution in [0, 0.1) is 6.92 Å². The van der Waals surface area contributed by atoms with Crippen LogP contribution in [-0.4, -0.2) is 15.0 Å². The molecule has 1 heterocycles. The fourth-order valence-corrected chi connectivity index (χ4v) is 5.38. The van der Waals surface area contributed by atoms with Gasteiger partial charge in [-0.1, -0.05) is 64.0 Å². The van der Waals surface area contributed by atoms with Gasteiger partial charge < -0.3 is 0 Å². The SMILES string of the molecule is Cc1ccc(S(=O)(=O)N2CC(C(F)c3ccc(Br)cc3)c3ccccc32)cc1. The van der Waals surface area contributed by atoms with E-state index >= 15 is 4.39 Å². The van der Waals surface area contributed by atoms with E-state index < -0.39 is 22.1 Å². The third-order valence-corrected chi connectivity index (χ3v) is 7.44. The number of anilines is 1. The second-order valence-corrected chi connectivity index (χ2v) is 9.75. The molecular formula is C22H19BrFNO2S. The lowest BCUT2D eigenvalue weighted by Crippen LogP contribution is -2.30. The molecule has 1 aliphatic rings. The Morgan fingerprint density at radius 3 is 2.32 bits per heavy atom. The van der Waals surface area contributed by atoms with Crippen molar-refractivity contribution < 1.29 is 12.8 Å². The van der Waals surface area contributed by atoms with Gasteiger partial charge in [0.1, 0.15) is 6.17 Å². The molecule has 28 heavy (non-hydrogen) atoms. The summed E-state index contributed by atoms with van der Waals surface area (Å²) in [5, 5.41) is 0. The minimum Gasteiger partial charge on any atom is -0.265 e. The number of nitrogens with zero attached hydrogens (tertiary/aromatic N) is 1. The first-order valence-corrected chi connectivity index (χ1v) is 11.2. The van der Waals surface area contributed by atoms with E-state index in [1.54, 1.807) is 60.7 Å². The van der Waals surface area contributed by atoms with E-state index in [1.165, 1.54) is 4.31 Å². The van der Waals surface area contributed by atoms with Gasteiger partial charge in [-0.15, -0.1) is 0 Å². The molecule has 0 radical (unpaired) electrons. The minimum atomic E-state index is -3.77. The van der Waals surface area contributed by atoms with Crippen LogP contribution in [0.15, 0.2) is 82.2 Å². The number of halogens is 2. The number of alkyl halides is 1. The molecule has 2 atom stereocenters. The van der Waals surface area contributed by atoms with Crippen molar-refractivity contribution >= 4 is 31.6 Å². The van der Waals surface area contributed by atoms with Gasteiger partial charge >= 0.3 is 0 Å². The van der Waals surface area contributed by atoms with Crippen molar-refractivity contribution in [2.24, 2.45) is 0 Å². The van der Waals surface area contributed by atoms with Crippen LogP contribution < -0.4 is 4.31 Å². The number of hydrogen-bond acceptors (Lipinski definition) is 2. The van der Waals surface area contributed by atoms with Crippen molar-refractivity contribution in [2.45, 2.75) is 23.9 Å². The molecule has 144 valence electrons. The largest absolute Gasteiger partial charge is 0.265 e. The molecule has 0 spiro atoms. The lowest BCUT2D eigenvalue weighted by molar-refractivity contribution is 0.297. The molecule has 3 aromatic rings. The van der Waals surface area contributed by atoms with Crippen molar-refractivity contribution in [3.8, 4) is 0 Å². The van der Waals surface area contributed by atoms with Crippen LogP contribution in [0.25, 0.3) is 0 Å². The highest BCUT2D eigenvalue weighted by molar-refractivity contribution is 9.10. The lowest BCUT2D eigenvalue weighted by atomic mass is 9.92. The van der Waals surface area contributed by atoms with Crippen molar-refractivity contribution in [3.63, 3.8) is 0 Å². The maximum Gasteiger partial charge on any atom is 0.264 e. The standard InChI is InChI=1S/C22H19BrFNO2S/c1-15-6-12-18(13-7-15)28(26,27)25-14-20(19-4-2-3-5-21(19)25)22(24)16-8-10-17(23)11-9-16/h2-13,20,22H,14H2,1H3. The fourth-order valence-electron chi connectivity index (χ4n) is 3.60. The highest BCUT2D eigenvalue weighted by Gasteiger charge is 2.40. The molecule has 0 bridgehead atoms. The van der Waals surface area contributed by atoms with Gasteiger partial charge in [0, 0.05) is 16.9 Å². The topological polar surface area (TPSA) is 37.4 Å². The smallest absolute Gasteiger partial charge is 0.264 e. The molecule has 1 aliphatic heterocycles. The Hall–Kier alpha value is -2.18. The summed E-state index contributed by atoms with van der Waals surface area (Å²) in [5.74, 6) is -0.558. The van der Waals surface area contributed by atoms with Crippen LogP contribution >= 0.6 is 15.9 Å². The summed E-state index contributed by atoms with van der Waals surface area (Å²) in [7, 11) is -3.77. The van der Waals surface area contributed by atoms with Crippen molar-refractivity contribution in [3.05, 3.63) is 94.0 Å². The summed E-state index contributed by atoms with van der Waals surface area (Å²) < 4.78 is 44.2. The monoisotopic (exact) mass is 459 g/mol. The first kappa shape index (κ1) is 19.2. The van der Waals surface area contributed by atoms with Gasteiger partial charge in [0.2, 0.25) is 0 Å². The van der Waals surface area contributed by atoms with Gasteiger partial charge in [0.25, 0.3) is 10.0 Å². The average molecular weight is 460 g/mol. The first-order chi connectivity index (χ1) is 13.4. The first-order valence-electron chi connectivity index (χ1n) is 8.96. The maximum atomic E-state index is 15.4. The summed E-state index contributed by atoms with van der Waals surface area (Å²) in [4.78, 5) is 0.215. The van der Waals surface area contributed by atoms with Gasteiger partial charge in [-0.25, -0.2) is 12.8 Å². The molecule has 0 aliphatic carbocycles. The molecule has 0 N–H and O–H groups in total. The van der Waals surface area contributed by atoms with Crippen LogP contribution in [0.1, 0.15) is 28.8 Å². The molecule has 0 saturated carbocycles. The van der Waals surface area contributed by atoms with E-state index in [9.17, 15) is 8.42 Å². The molecule has 6 heteroatoms. The molecule has 2 unspecified atom stereocenters. The van der Waals surface area contributed by atoms with E-state index in [0.29, 0.717) is 16.8 Å². The summed E-state index contributed by atoms with van der Waals surface area (Å²) in [6, 6.07) is 21.0. The third-order valence-electron chi connectivity index (χ3n) is 5.12. The number of rotatable bonds is 4. The van der Waals surface area contributed by atoms with Gasteiger partial charge in [-0.2, -0.15) is 0 Å². The quantitative estimate of drug-likeness (QED) is 0.497. The molecule has 4 rings (SSSR count). The second-order valence-electron chi connectivity index (χ2n) is 6.97. The summed E-state index contributed by atoms with van der Waals surface area (Å²) >= 11 is 3.36. The Balaban J connectivity index is 1.73. The molecule has 0 fully saturated rings. The molecule has 0 amide bonds. The molecule has 3 aromatic carbocycles. The van der Waals surface area contributed by atoms with Crippen LogP contribution in [-0.2, 0) is 10.0 Å². The summed E-state index contributed by atoms with van der Waals surface area (Å²) in [6.45, 7) is 1.98. The summed E-state index contributed by atoms with van der Waals surface area (Å²) in [5.41, 5.74) is 2.79. The maximum absolute atomic E-state index is 15.4. The van der Waals surface area contributed by atoms with Crippen LogP contribution in [0.5, 0.6) is 0 Å². The van der Waals surface area contributed by atoms with Crippen molar-refractivity contribution in [1.82, 2.24) is 0 Å². The van der Waals surface area contributed by atoms with E-state index in [4.69, 9.17) is 0 Å². The number of aryl methyl sites for hydroxylation is 1. The highest BCUT2D eigenvalue weighted by Crippen LogP contribution is 2.46. The molecule has 0 saturated heterocycles. The van der Waals surface area contributed by atoms with E-state index in [0.717, 1.165) is 10.0 Å². The van der Waals surface area contributed by atoms with Crippen molar-refractivity contribution in [1.29, 1.82) is 0 Å². The van der Waals surface area contributed by atoms with Gasteiger partial charge in [0.05, 0.1) is 10.6 Å². The highest BCUT2D eigenvalue weighted by atomic mass is 79.9. The average Bonchev–Trinajstić information content (AvgIpc) is 3.09. The fraction of sp³-hybridized carbons (Fsp3) is 0.182. The van der Waals surface area contributed by atoms with Gasteiger partial charge in [-0.3, -0.25) is 4.31 Å². The lowest BCUT2D eigenvalue weighted by Gasteiger charge is -2.21. The Kier molecular flexibility index (Phi) is 5.02. The minimum absolute atomic E-state index is 0.0762. The predicted octanol–water partition coefficient (Wildman–Crippen LogP) is 5.76. The third kappa shape index (κ3) is 3.35. The van der Waals surface area contributed by atoms with Crippen LogP contribution in [0.4, 0.5) is 10.1 Å². The van der Waals surface area contributed by atoms with Gasteiger partial charge in [-0.05, 0) is 48.4 Å². The number of sulfonamides is 1. The Morgan fingerprint density at radius 2 is 1.64 bits per heavy atom. The van der Waals surface area contributed by atoms with E-state index in [1.807, 2.05) is 19.1 Å². The normalized spacial score (nSPS) is 17.4. The van der Waals surface area contributed by atoms with Crippen LogP contribution in [0.3, 0.4) is 0 Å². The zero-order valence-corrected chi connectivity index (χ0v) is 17.6. The number of para-hydroxylation sites is 1.